The van der Waals surface area contributed by atoms with E-state index in [9.17, 15) is 0 Å². The number of nitriles is 1. The van der Waals surface area contributed by atoms with Crippen molar-refractivity contribution in [2.45, 2.75) is 6.42 Å². The van der Waals surface area contributed by atoms with Crippen molar-refractivity contribution in [2.75, 3.05) is 18.5 Å². The molecule has 2 aromatic heterocycles. The van der Waals surface area contributed by atoms with Gasteiger partial charge < -0.3 is 4.90 Å². The van der Waals surface area contributed by atoms with Gasteiger partial charge in [-0.15, -0.1) is 0 Å². The highest BCUT2D eigenvalue weighted by molar-refractivity contribution is 6.28. The molecule has 2 heterocycles. The molecule has 92 valence electrons. The molecule has 0 bridgehead atoms. The number of rotatable bonds is 4. The molecule has 0 unspecified atom stereocenters. The summed E-state index contributed by atoms with van der Waals surface area (Å²) < 4.78 is 1.38. The Labute approximate surface area is 108 Å². The van der Waals surface area contributed by atoms with Crippen molar-refractivity contribution >= 4 is 17.5 Å². The summed E-state index contributed by atoms with van der Waals surface area (Å²) in [4.78, 5) is 17.7. The van der Waals surface area contributed by atoms with Gasteiger partial charge in [-0.1, -0.05) is 0 Å². The molecule has 0 aromatic carbocycles. The van der Waals surface area contributed by atoms with Crippen LogP contribution in [0, 0.1) is 11.3 Å². The van der Waals surface area contributed by atoms with Crippen molar-refractivity contribution in [3.8, 4) is 12.0 Å². The molecule has 0 aliphatic rings. The SMILES string of the molecule is CN(CCC#N)c1nc(Cl)nc(-n2cncn2)n1. The quantitative estimate of drug-likeness (QED) is 0.791. The fourth-order valence-electron chi connectivity index (χ4n) is 1.23. The first-order valence-electron chi connectivity index (χ1n) is 5.05. The van der Waals surface area contributed by atoms with Crippen LogP contribution in [0.3, 0.4) is 0 Å². The summed E-state index contributed by atoms with van der Waals surface area (Å²) in [6.07, 6.45) is 3.21. The zero-order chi connectivity index (χ0) is 13.0. The van der Waals surface area contributed by atoms with Crippen LogP contribution in [0.15, 0.2) is 12.7 Å². The largest absolute Gasteiger partial charge is 0.343 e. The van der Waals surface area contributed by atoms with Crippen LogP contribution < -0.4 is 4.90 Å². The maximum absolute atomic E-state index is 8.54. The normalized spacial score (nSPS) is 10.1. The Morgan fingerprint density at radius 3 is 2.94 bits per heavy atom. The molecular weight excluding hydrogens is 256 g/mol. The third-order valence-electron chi connectivity index (χ3n) is 2.11. The van der Waals surface area contributed by atoms with Gasteiger partial charge in [0.2, 0.25) is 11.2 Å². The highest BCUT2D eigenvalue weighted by Gasteiger charge is 2.10. The zero-order valence-electron chi connectivity index (χ0n) is 9.52. The Kier molecular flexibility index (Phi) is 3.64. The summed E-state index contributed by atoms with van der Waals surface area (Å²) in [6.45, 7) is 0.508. The first-order valence-corrected chi connectivity index (χ1v) is 5.43. The van der Waals surface area contributed by atoms with Crippen LogP contribution in [-0.4, -0.2) is 43.3 Å². The molecular formula is C9H9ClN8. The monoisotopic (exact) mass is 264 g/mol. The predicted octanol–water partition coefficient (Wildman–Crippen LogP) is 0.456. The van der Waals surface area contributed by atoms with E-state index in [0.717, 1.165) is 0 Å². The van der Waals surface area contributed by atoms with Gasteiger partial charge in [-0.25, -0.2) is 4.98 Å². The molecule has 2 aromatic rings. The topological polar surface area (TPSA) is 96.4 Å². The van der Waals surface area contributed by atoms with E-state index in [0.29, 0.717) is 18.9 Å². The van der Waals surface area contributed by atoms with Crippen molar-refractivity contribution in [3.05, 3.63) is 17.9 Å². The second kappa shape index (κ2) is 5.37. The van der Waals surface area contributed by atoms with Gasteiger partial charge >= 0.3 is 0 Å². The highest BCUT2D eigenvalue weighted by atomic mass is 35.5. The number of hydrogen-bond acceptors (Lipinski definition) is 7. The molecule has 2 rings (SSSR count). The lowest BCUT2D eigenvalue weighted by molar-refractivity contribution is 0.772. The summed E-state index contributed by atoms with van der Waals surface area (Å²) in [6, 6.07) is 2.05. The summed E-state index contributed by atoms with van der Waals surface area (Å²) >= 11 is 5.83. The van der Waals surface area contributed by atoms with Crippen LogP contribution in [0.5, 0.6) is 0 Å². The summed E-state index contributed by atoms with van der Waals surface area (Å²) in [5.74, 6) is 0.669. The first-order chi connectivity index (χ1) is 8.70. The lowest BCUT2D eigenvalue weighted by Gasteiger charge is -2.15. The van der Waals surface area contributed by atoms with E-state index in [1.54, 1.807) is 11.9 Å². The molecule has 0 aliphatic heterocycles. The van der Waals surface area contributed by atoms with Crippen LogP contribution in [0.1, 0.15) is 6.42 Å². The first kappa shape index (κ1) is 12.2. The lowest BCUT2D eigenvalue weighted by Crippen LogP contribution is -2.22. The molecule has 0 N–H and O–H groups in total. The number of aromatic nitrogens is 6. The van der Waals surface area contributed by atoms with E-state index in [4.69, 9.17) is 16.9 Å². The molecule has 0 saturated carbocycles. The van der Waals surface area contributed by atoms with Crippen LogP contribution in [0.4, 0.5) is 5.95 Å². The van der Waals surface area contributed by atoms with Crippen LogP contribution in [0.25, 0.3) is 5.95 Å². The van der Waals surface area contributed by atoms with Crippen molar-refractivity contribution in [3.63, 3.8) is 0 Å². The number of hydrogen-bond donors (Lipinski definition) is 0. The van der Waals surface area contributed by atoms with Crippen molar-refractivity contribution in [1.29, 1.82) is 5.26 Å². The van der Waals surface area contributed by atoms with E-state index >= 15 is 0 Å². The Bertz CT molecular complexity index is 560. The van der Waals surface area contributed by atoms with Gasteiger partial charge in [0.05, 0.1) is 12.5 Å². The molecule has 0 aliphatic carbocycles. The molecule has 8 nitrogen and oxygen atoms in total. The molecule has 0 spiro atoms. The van der Waals surface area contributed by atoms with Gasteiger partial charge in [-0.3, -0.25) is 0 Å². The van der Waals surface area contributed by atoms with E-state index in [1.165, 1.54) is 17.3 Å². The Balaban J connectivity index is 2.30. The molecule has 0 radical (unpaired) electrons. The average molecular weight is 265 g/mol. The summed E-state index contributed by atoms with van der Waals surface area (Å²) in [5, 5.41) is 12.5. The predicted molar refractivity (Wildman–Crippen MR) is 63.3 cm³/mol. The Hall–Kier alpha value is -2.27. The van der Waals surface area contributed by atoms with Gasteiger partial charge in [-0.2, -0.15) is 30.0 Å². The van der Waals surface area contributed by atoms with Gasteiger partial charge in [-0.05, 0) is 11.6 Å². The second-order valence-corrected chi connectivity index (χ2v) is 3.71. The average Bonchev–Trinajstić information content (AvgIpc) is 2.89. The fourth-order valence-corrected chi connectivity index (χ4v) is 1.38. The van der Waals surface area contributed by atoms with Crippen molar-refractivity contribution < 1.29 is 0 Å². The van der Waals surface area contributed by atoms with E-state index < -0.39 is 0 Å². The van der Waals surface area contributed by atoms with Crippen LogP contribution in [0.2, 0.25) is 5.28 Å². The van der Waals surface area contributed by atoms with E-state index in [1.807, 2.05) is 0 Å². The van der Waals surface area contributed by atoms with Gasteiger partial charge in [0.25, 0.3) is 5.95 Å². The Morgan fingerprint density at radius 2 is 2.28 bits per heavy atom. The third kappa shape index (κ3) is 2.70. The maximum atomic E-state index is 8.54. The molecule has 0 saturated heterocycles. The molecule has 9 heteroatoms. The van der Waals surface area contributed by atoms with Gasteiger partial charge in [0, 0.05) is 13.6 Å². The number of halogens is 1. The smallest absolute Gasteiger partial charge is 0.258 e. The maximum Gasteiger partial charge on any atom is 0.258 e. The van der Waals surface area contributed by atoms with Crippen molar-refractivity contribution in [1.82, 2.24) is 29.7 Å². The lowest BCUT2D eigenvalue weighted by atomic mass is 10.4. The Morgan fingerprint density at radius 1 is 1.44 bits per heavy atom. The minimum absolute atomic E-state index is 0.0642. The molecule has 0 fully saturated rings. The molecule has 18 heavy (non-hydrogen) atoms. The highest BCUT2D eigenvalue weighted by Crippen LogP contribution is 2.11. The van der Waals surface area contributed by atoms with Gasteiger partial charge in [0.1, 0.15) is 12.7 Å². The standard InChI is InChI=1S/C9H9ClN8/c1-17(4-2-3-11)8-14-7(10)15-9(16-8)18-6-12-5-13-18/h5-6H,2,4H2,1H3. The minimum Gasteiger partial charge on any atom is -0.343 e. The summed E-state index contributed by atoms with van der Waals surface area (Å²) in [7, 11) is 1.77. The van der Waals surface area contributed by atoms with E-state index in [2.05, 4.69) is 31.1 Å². The van der Waals surface area contributed by atoms with Crippen LogP contribution in [-0.2, 0) is 0 Å². The molecule has 0 amide bonds. The van der Waals surface area contributed by atoms with E-state index in [-0.39, 0.29) is 11.2 Å². The van der Waals surface area contributed by atoms with Crippen LogP contribution >= 0.6 is 11.6 Å². The number of anilines is 1. The zero-order valence-corrected chi connectivity index (χ0v) is 10.3. The summed E-state index contributed by atoms with van der Waals surface area (Å²) in [5.41, 5.74) is 0. The molecule has 0 atom stereocenters. The second-order valence-electron chi connectivity index (χ2n) is 3.37. The minimum atomic E-state index is 0.0642. The third-order valence-corrected chi connectivity index (χ3v) is 2.28. The fraction of sp³-hybridized carbons (Fsp3) is 0.333. The van der Waals surface area contributed by atoms with Crippen molar-refractivity contribution in [2.24, 2.45) is 0 Å². The number of nitrogens with zero attached hydrogens (tertiary/aromatic N) is 8. The van der Waals surface area contributed by atoms with Gasteiger partial charge in [0.15, 0.2) is 0 Å².